The number of rotatable bonds is 7. The molecule has 0 saturated carbocycles. The first-order valence-electron chi connectivity index (χ1n) is 15.5. The zero-order valence-corrected chi connectivity index (χ0v) is 27.2. The van der Waals surface area contributed by atoms with Crippen LogP contribution in [0, 0.1) is 13.8 Å². The predicted molar refractivity (Wildman–Crippen MR) is 180 cm³/mol. The fourth-order valence-electron chi connectivity index (χ4n) is 5.56. The summed E-state index contributed by atoms with van der Waals surface area (Å²) in [5.41, 5.74) is 3.84. The normalized spacial score (nSPS) is 15.1. The molecule has 1 aliphatic rings. The maximum absolute atomic E-state index is 12.7. The van der Waals surface area contributed by atoms with Crippen LogP contribution in [0.3, 0.4) is 0 Å². The van der Waals surface area contributed by atoms with Crippen molar-refractivity contribution in [3.8, 4) is 22.9 Å². The van der Waals surface area contributed by atoms with Gasteiger partial charge in [0.1, 0.15) is 11.4 Å². The lowest BCUT2D eigenvalue weighted by Gasteiger charge is -2.34. The first kappa shape index (κ1) is 30.8. The lowest BCUT2D eigenvalue weighted by Crippen LogP contribution is -2.47. The number of carbonyl (C=O) groups is 1. The van der Waals surface area contributed by atoms with Crippen LogP contribution in [0.4, 0.5) is 22.2 Å². The second-order valence-electron chi connectivity index (χ2n) is 12.7. The molecule has 0 radical (unpaired) electrons. The topological polar surface area (TPSA) is 119 Å². The molecule has 0 aliphatic carbocycles. The van der Waals surface area contributed by atoms with Crippen LogP contribution in [-0.4, -0.2) is 60.5 Å². The third kappa shape index (κ3) is 6.88. The number of ether oxygens (including phenoxy) is 2. The van der Waals surface area contributed by atoms with Gasteiger partial charge in [0.2, 0.25) is 11.8 Å². The van der Waals surface area contributed by atoms with Gasteiger partial charge in [-0.05, 0) is 77.3 Å². The highest BCUT2D eigenvalue weighted by atomic mass is 16.6. The maximum Gasteiger partial charge on any atom is 0.410 e. The average Bonchev–Trinajstić information content (AvgIpc) is 3.34. The van der Waals surface area contributed by atoms with E-state index in [-0.39, 0.29) is 12.1 Å². The summed E-state index contributed by atoms with van der Waals surface area (Å²) in [7, 11) is 1.93. The number of aromatic nitrogens is 5. The van der Waals surface area contributed by atoms with Crippen LogP contribution in [0.2, 0.25) is 0 Å². The Hall–Kier alpha value is -5.19. The molecule has 2 aromatic carbocycles. The highest BCUT2D eigenvalue weighted by Gasteiger charge is 2.28. The van der Waals surface area contributed by atoms with Gasteiger partial charge in [-0.2, -0.15) is 5.10 Å². The van der Waals surface area contributed by atoms with Crippen molar-refractivity contribution >= 4 is 34.3 Å². The summed E-state index contributed by atoms with van der Waals surface area (Å²) in [6.07, 6.45) is 4.88. The Kier molecular flexibility index (Phi) is 8.48. The Bertz CT molecular complexity index is 1860. The van der Waals surface area contributed by atoms with E-state index >= 15 is 0 Å². The van der Waals surface area contributed by atoms with E-state index in [1.54, 1.807) is 17.3 Å². The second-order valence-corrected chi connectivity index (χ2v) is 12.7. The Morgan fingerprint density at radius 2 is 1.85 bits per heavy atom. The standard InChI is InChI=1S/C35H40N8O3/c1-22-14-15-25-26(11-7-13-28(25)39-30-20-23(2)42(6)41-30)31(22)45-32-27(12-8-17-36-32)29-16-18-37-33(40-29)38-24-10-9-19-43(21-24)34(44)46-35(3,4)5/h7-8,11-18,20,24H,9-10,19,21H2,1-6H3,(H,39,41)(H,37,38,40). The third-order valence-electron chi connectivity index (χ3n) is 7.89. The molecule has 1 atom stereocenters. The maximum atomic E-state index is 12.7. The zero-order chi connectivity index (χ0) is 32.4. The van der Waals surface area contributed by atoms with Gasteiger partial charge in [-0.25, -0.2) is 19.7 Å². The fourth-order valence-corrected chi connectivity index (χ4v) is 5.56. The molecular weight excluding hydrogens is 580 g/mol. The number of pyridine rings is 1. The first-order chi connectivity index (χ1) is 22.0. The van der Waals surface area contributed by atoms with Crippen LogP contribution in [-0.2, 0) is 11.8 Å². The van der Waals surface area contributed by atoms with Gasteiger partial charge in [-0.1, -0.05) is 24.3 Å². The van der Waals surface area contributed by atoms with Crippen molar-refractivity contribution in [1.82, 2.24) is 29.6 Å². The van der Waals surface area contributed by atoms with E-state index in [0.29, 0.717) is 30.6 Å². The molecule has 4 heterocycles. The third-order valence-corrected chi connectivity index (χ3v) is 7.89. The van der Waals surface area contributed by atoms with E-state index in [0.717, 1.165) is 57.7 Å². The van der Waals surface area contributed by atoms with Crippen LogP contribution >= 0.6 is 0 Å². The van der Waals surface area contributed by atoms with Crippen molar-refractivity contribution in [3.05, 3.63) is 78.2 Å². The molecule has 1 fully saturated rings. The van der Waals surface area contributed by atoms with Crippen molar-refractivity contribution in [3.63, 3.8) is 0 Å². The van der Waals surface area contributed by atoms with Gasteiger partial charge in [-0.15, -0.1) is 0 Å². The van der Waals surface area contributed by atoms with E-state index in [4.69, 9.17) is 14.5 Å². The molecular formula is C35H40N8O3. The summed E-state index contributed by atoms with van der Waals surface area (Å²) < 4.78 is 14.0. The van der Waals surface area contributed by atoms with Gasteiger partial charge in [0.15, 0.2) is 5.82 Å². The van der Waals surface area contributed by atoms with Gasteiger partial charge in [0, 0.05) is 66.8 Å². The summed E-state index contributed by atoms with van der Waals surface area (Å²) in [6, 6.07) is 17.9. The molecule has 0 spiro atoms. The summed E-state index contributed by atoms with van der Waals surface area (Å²) in [4.78, 5) is 28.3. The molecule has 238 valence electrons. The fraction of sp³-hybridized carbons (Fsp3) is 0.343. The summed E-state index contributed by atoms with van der Waals surface area (Å²) in [5, 5.41) is 13.4. The van der Waals surface area contributed by atoms with Gasteiger partial charge >= 0.3 is 6.09 Å². The molecule has 11 nitrogen and oxygen atoms in total. The van der Waals surface area contributed by atoms with Crippen LogP contribution in [0.1, 0.15) is 44.9 Å². The number of hydrogen-bond acceptors (Lipinski definition) is 9. The SMILES string of the molecule is Cc1ccc2c(Nc3cc(C)n(C)n3)cccc2c1Oc1ncccc1-c1ccnc(NC2CCCN(C(=O)OC(C)(C)C)C2)n1. The largest absolute Gasteiger partial charge is 0.444 e. The van der Waals surface area contributed by atoms with Crippen LogP contribution in [0.5, 0.6) is 11.6 Å². The van der Waals surface area contributed by atoms with Crippen molar-refractivity contribution in [2.45, 2.75) is 59.1 Å². The van der Waals surface area contributed by atoms with Gasteiger partial charge < -0.3 is 25.0 Å². The van der Waals surface area contributed by atoms with Gasteiger partial charge in [0.05, 0.1) is 11.3 Å². The van der Waals surface area contributed by atoms with Gasteiger partial charge in [-0.3, -0.25) is 4.68 Å². The van der Waals surface area contributed by atoms with E-state index < -0.39 is 5.60 Å². The van der Waals surface area contributed by atoms with Crippen molar-refractivity contribution in [2.75, 3.05) is 23.7 Å². The summed E-state index contributed by atoms with van der Waals surface area (Å²) in [5.74, 6) is 2.41. The quantitative estimate of drug-likeness (QED) is 0.192. The summed E-state index contributed by atoms with van der Waals surface area (Å²) >= 11 is 0. The number of nitrogens with one attached hydrogen (secondary N) is 2. The Morgan fingerprint density at radius 1 is 1.00 bits per heavy atom. The summed E-state index contributed by atoms with van der Waals surface area (Å²) in [6.45, 7) is 10.9. The molecule has 0 bridgehead atoms. The molecule has 46 heavy (non-hydrogen) atoms. The van der Waals surface area contributed by atoms with E-state index in [1.807, 2.05) is 94.9 Å². The Balaban J connectivity index is 1.24. The number of piperidine rings is 1. The van der Waals surface area contributed by atoms with Crippen LogP contribution in [0.25, 0.3) is 22.0 Å². The smallest absolute Gasteiger partial charge is 0.410 e. The lowest BCUT2D eigenvalue weighted by atomic mass is 10.0. The number of carbonyl (C=O) groups excluding carboxylic acids is 1. The lowest BCUT2D eigenvalue weighted by molar-refractivity contribution is 0.0206. The molecule has 3 aromatic heterocycles. The average molecular weight is 621 g/mol. The van der Waals surface area contributed by atoms with Crippen LogP contribution < -0.4 is 15.4 Å². The minimum Gasteiger partial charge on any atom is -0.444 e. The van der Waals surface area contributed by atoms with Crippen LogP contribution in [0.15, 0.2) is 67.0 Å². The number of amides is 1. The minimum atomic E-state index is -0.541. The van der Waals surface area contributed by atoms with E-state index in [9.17, 15) is 4.79 Å². The number of likely N-dealkylation sites (tertiary alicyclic amines) is 1. The number of hydrogen-bond donors (Lipinski definition) is 2. The number of nitrogens with zero attached hydrogens (tertiary/aromatic N) is 6. The minimum absolute atomic E-state index is 0.00252. The molecule has 1 amide bonds. The predicted octanol–water partition coefficient (Wildman–Crippen LogP) is 7.39. The number of fused-ring (bicyclic) bond motifs is 1. The Morgan fingerprint density at radius 3 is 2.63 bits per heavy atom. The molecule has 11 heteroatoms. The number of benzene rings is 2. The molecule has 1 saturated heterocycles. The molecule has 1 unspecified atom stereocenters. The second kappa shape index (κ2) is 12.7. The zero-order valence-electron chi connectivity index (χ0n) is 27.2. The first-order valence-corrected chi connectivity index (χ1v) is 15.5. The molecule has 2 N–H and O–H groups in total. The molecule has 6 rings (SSSR count). The monoisotopic (exact) mass is 620 g/mol. The van der Waals surface area contributed by atoms with E-state index in [1.165, 1.54) is 0 Å². The Labute approximate surface area is 269 Å². The van der Waals surface area contributed by atoms with Crippen molar-refractivity contribution in [2.24, 2.45) is 7.05 Å². The highest BCUT2D eigenvalue weighted by molar-refractivity contribution is 5.99. The number of anilines is 3. The van der Waals surface area contributed by atoms with Crippen molar-refractivity contribution < 1.29 is 14.3 Å². The van der Waals surface area contributed by atoms with Gasteiger partial charge in [0.25, 0.3) is 0 Å². The number of aryl methyl sites for hydroxylation is 3. The van der Waals surface area contributed by atoms with E-state index in [2.05, 4.69) is 31.8 Å². The highest BCUT2D eigenvalue weighted by Crippen LogP contribution is 2.39. The molecule has 5 aromatic rings. The van der Waals surface area contributed by atoms with Crippen molar-refractivity contribution in [1.29, 1.82) is 0 Å². The molecule has 1 aliphatic heterocycles.